The number of aromatic nitrogens is 5. The van der Waals surface area contributed by atoms with Crippen molar-refractivity contribution in [2.24, 2.45) is 0 Å². The maximum absolute atomic E-state index is 6.32. The van der Waals surface area contributed by atoms with Gasteiger partial charge in [0.25, 0.3) is 0 Å². The molecule has 4 aromatic rings. The fourth-order valence-electron chi connectivity index (χ4n) is 2.83. The number of nitrogens with one attached hydrogen (secondary N) is 1. The summed E-state index contributed by atoms with van der Waals surface area (Å²) in [5.74, 6) is 2.48. The first-order valence-electron chi connectivity index (χ1n) is 8.56. The Morgan fingerprint density at radius 3 is 2.50 bits per heavy atom. The predicted molar refractivity (Wildman–Crippen MR) is 112 cm³/mol. The molecular weight excluding hydrogens is 395 g/mol. The van der Waals surface area contributed by atoms with Gasteiger partial charge in [0.2, 0.25) is 0 Å². The summed E-state index contributed by atoms with van der Waals surface area (Å²) in [6.45, 7) is 3.75. The number of pyridine rings is 1. The van der Waals surface area contributed by atoms with E-state index in [-0.39, 0.29) is 0 Å². The van der Waals surface area contributed by atoms with Crippen molar-refractivity contribution in [3.63, 3.8) is 0 Å². The molecule has 8 heteroatoms. The number of rotatable bonds is 4. The summed E-state index contributed by atoms with van der Waals surface area (Å²) in [6.07, 6.45) is 1.53. The minimum atomic E-state index is 0.405. The highest BCUT2D eigenvalue weighted by molar-refractivity contribution is 6.35. The Balaban J connectivity index is 1.74. The lowest BCUT2D eigenvalue weighted by molar-refractivity contribution is 0.838. The van der Waals surface area contributed by atoms with Gasteiger partial charge in [-0.15, -0.1) is 0 Å². The van der Waals surface area contributed by atoms with Gasteiger partial charge in [-0.3, -0.25) is 0 Å². The van der Waals surface area contributed by atoms with Gasteiger partial charge in [0.05, 0.1) is 21.4 Å². The highest BCUT2D eigenvalue weighted by Crippen LogP contribution is 2.27. The summed E-state index contributed by atoms with van der Waals surface area (Å²) in [5, 5.41) is 8.66. The molecule has 0 radical (unpaired) electrons. The second-order valence-electron chi connectivity index (χ2n) is 6.22. The average molecular weight is 411 g/mol. The molecule has 0 atom stereocenters. The van der Waals surface area contributed by atoms with Crippen molar-refractivity contribution in [1.82, 2.24) is 24.7 Å². The minimum Gasteiger partial charge on any atom is -0.325 e. The van der Waals surface area contributed by atoms with Crippen LogP contribution in [0.2, 0.25) is 10.0 Å². The van der Waals surface area contributed by atoms with Crippen LogP contribution in [-0.2, 0) is 0 Å². The van der Waals surface area contributed by atoms with E-state index in [1.807, 2.05) is 56.3 Å². The molecule has 4 rings (SSSR count). The van der Waals surface area contributed by atoms with E-state index < -0.39 is 0 Å². The van der Waals surface area contributed by atoms with Gasteiger partial charge >= 0.3 is 0 Å². The third kappa shape index (κ3) is 3.83. The van der Waals surface area contributed by atoms with Crippen molar-refractivity contribution in [1.29, 1.82) is 0 Å². The summed E-state index contributed by atoms with van der Waals surface area (Å²) in [4.78, 5) is 13.3. The van der Waals surface area contributed by atoms with Gasteiger partial charge in [0.1, 0.15) is 17.5 Å². The molecular formula is C20H16Cl2N6. The Bertz CT molecular complexity index is 1140. The first kappa shape index (κ1) is 18.4. The maximum Gasteiger partial charge on any atom is 0.174 e. The highest BCUT2D eigenvalue weighted by Gasteiger charge is 2.14. The zero-order valence-electron chi connectivity index (χ0n) is 15.2. The van der Waals surface area contributed by atoms with E-state index in [2.05, 4.69) is 25.4 Å². The van der Waals surface area contributed by atoms with Gasteiger partial charge in [-0.05, 0) is 19.9 Å². The topological polar surface area (TPSA) is 68.5 Å². The Morgan fingerprint density at radius 1 is 0.964 bits per heavy atom. The van der Waals surface area contributed by atoms with Gasteiger partial charge in [0, 0.05) is 23.9 Å². The van der Waals surface area contributed by atoms with Gasteiger partial charge < -0.3 is 5.32 Å². The molecule has 0 aliphatic carbocycles. The molecule has 0 aliphatic heterocycles. The molecule has 3 heterocycles. The fraction of sp³-hybridized carbons (Fsp3) is 0.100. The summed E-state index contributed by atoms with van der Waals surface area (Å²) < 4.78 is 1.63. The van der Waals surface area contributed by atoms with E-state index in [4.69, 9.17) is 23.2 Å². The first-order chi connectivity index (χ1) is 13.5. The Kier molecular flexibility index (Phi) is 4.98. The Labute approximate surface area is 172 Å². The monoisotopic (exact) mass is 410 g/mol. The van der Waals surface area contributed by atoms with Crippen LogP contribution in [0.25, 0.3) is 17.1 Å². The van der Waals surface area contributed by atoms with E-state index in [1.165, 1.54) is 6.20 Å². The van der Waals surface area contributed by atoms with Crippen LogP contribution >= 0.6 is 23.2 Å². The molecule has 0 amide bonds. The molecule has 0 saturated carbocycles. The summed E-state index contributed by atoms with van der Waals surface area (Å²) in [6, 6.07) is 15.4. The Hall–Kier alpha value is -2.96. The third-order valence-corrected chi connectivity index (χ3v) is 4.47. The lowest BCUT2D eigenvalue weighted by Crippen LogP contribution is -2.07. The molecule has 0 fully saturated rings. The zero-order valence-corrected chi connectivity index (χ0v) is 16.7. The normalized spacial score (nSPS) is 10.9. The molecule has 28 heavy (non-hydrogen) atoms. The van der Waals surface area contributed by atoms with Gasteiger partial charge in [-0.25, -0.2) is 15.0 Å². The number of hydrogen-bond acceptors (Lipinski definition) is 5. The van der Waals surface area contributed by atoms with E-state index in [1.54, 1.807) is 10.7 Å². The Morgan fingerprint density at radius 2 is 1.75 bits per heavy atom. The van der Waals surface area contributed by atoms with E-state index in [9.17, 15) is 0 Å². The van der Waals surface area contributed by atoms with E-state index in [0.717, 1.165) is 17.0 Å². The van der Waals surface area contributed by atoms with Crippen LogP contribution in [0.4, 0.5) is 11.6 Å². The van der Waals surface area contributed by atoms with Crippen molar-refractivity contribution in [2.75, 3.05) is 5.32 Å². The number of anilines is 2. The first-order valence-corrected chi connectivity index (χ1v) is 9.31. The second kappa shape index (κ2) is 7.58. The molecule has 1 aromatic carbocycles. The van der Waals surface area contributed by atoms with E-state index in [0.29, 0.717) is 33.3 Å². The van der Waals surface area contributed by atoms with Gasteiger partial charge in [-0.1, -0.05) is 53.5 Å². The van der Waals surface area contributed by atoms with Crippen LogP contribution in [0.1, 0.15) is 11.5 Å². The van der Waals surface area contributed by atoms with Crippen molar-refractivity contribution in [3.8, 4) is 17.1 Å². The smallest absolute Gasteiger partial charge is 0.174 e. The molecule has 0 spiro atoms. The van der Waals surface area contributed by atoms with Crippen LogP contribution in [0.15, 0.2) is 54.7 Å². The molecule has 3 aromatic heterocycles. The average Bonchev–Trinajstić information content (AvgIpc) is 3.02. The van der Waals surface area contributed by atoms with Crippen LogP contribution in [0.3, 0.4) is 0 Å². The number of halogens is 2. The third-order valence-electron chi connectivity index (χ3n) is 3.98. The fourth-order valence-corrected chi connectivity index (χ4v) is 3.29. The minimum absolute atomic E-state index is 0.405. The van der Waals surface area contributed by atoms with Crippen molar-refractivity contribution in [2.45, 2.75) is 13.8 Å². The van der Waals surface area contributed by atoms with Crippen molar-refractivity contribution < 1.29 is 0 Å². The molecule has 0 aliphatic rings. The lowest BCUT2D eigenvalue weighted by atomic mass is 10.1. The van der Waals surface area contributed by atoms with Crippen molar-refractivity contribution in [3.05, 3.63) is 76.3 Å². The van der Waals surface area contributed by atoms with E-state index >= 15 is 0 Å². The summed E-state index contributed by atoms with van der Waals surface area (Å²) in [5.41, 5.74) is 2.66. The molecule has 1 N–H and O–H groups in total. The van der Waals surface area contributed by atoms with Crippen LogP contribution in [0, 0.1) is 13.8 Å². The second-order valence-corrected chi connectivity index (χ2v) is 7.06. The van der Waals surface area contributed by atoms with Gasteiger partial charge in [-0.2, -0.15) is 9.78 Å². The maximum atomic E-state index is 6.32. The number of benzene rings is 1. The standard InChI is InChI=1S/C20H16Cl2N6/c1-12-8-19(28(27-12)20-16(22)9-15(21)11-23-20)26-18-10-17(24-13(2)25-18)14-6-4-3-5-7-14/h3-11H,1-2H3,(H,24,25,26). The predicted octanol–water partition coefficient (Wildman–Crippen LogP) is 5.39. The van der Waals surface area contributed by atoms with Gasteiger partial charge in [0.15, 0.2) is 5.82 Å². The van der Waals surface area contributed by atoms with Crippen LogP contribution < -0.4 is 5.32 Å². The lowest BCUT2D eigenvalue weighted by Gasteiger charge is -2.11. The van der Waals surface area contributed by atoms with Crippen LogP contribution in [-0.4, -0.2) is 24.7 Å². The number of nitrogens with zero attached hydrogens (tertiary/aromatic N) is 5. The number of aryl methyl sites for hydroxylation is 2. The SMILES string of the molecule is Cc1cc(Nc2cc(-c3ccccc3)nc(C)n2)n(-c2ncc(Cl)cc2Cl)n1. The quantitative estimate of drug-likeness (QED) is 0.488. The molecule has 0 bridgehead atoms. The molecule has 0 unspecified atom stereocenters. The molecule has 0 saturated heterocycles. The zero-order chi connectivity index (χ0) is 19.7. The highest BCUT2D eigenvalue weighted by atomic mass is 35.5. The largest absolute Gasteiger partial charge is 0.325 e. The number of hydrogen-bond donors (Lipinski definition) is 1. The summed E-state index contributed by atoms with van der Waals surface area (Å²) >= 11 is 12.3. The van der Waals surface area contributed by atoms with Crippen LogP contribution in [0.5, 0.6) is 0 Å². The summed E-state index contributed by atoms with van der Waals surface area (Å²) in [7, 11) is 0. The van der Waals surface area contributed by atoms with Crippen molar-refractivity contribution >= 4 is 34.8 Å². The molecule has 140 valence electrons. The molecule has 6 nitrogen and oxygen atoms in total.